The molecule has 0 spiro atoms. The molecule has 4 rings (SSSR count). The van der Waals surface area contributed by atoms with E-state index in [1.54, 1.807) is 12.1 Å². The molecule has 3 unspecified atom stereocenters. The first-order valence-electron chi connectivity index (χ1n) is 13.4. The number of carbonyl (C=O) groups excluding carboxylic acids is 1. The van der Waals surface area contributed by atoms with E-state index in [9.17, 15) is 24.0 Å². The van der Waals surface area contributed by atoms with Gasteiger partial charge in [-0.25, -0.2) is 4.79 Å². The lowest BCUT2D eigenvalue weighted by molar-refractivity contribution is -0.141. The molecule has 1 aliphatic rings. The second-order valence-electron chi connectivity index (χ2n) is 9.79. The lowest BCUT2D eigenvalue weighted by Gasteiger charge is -2.27. The van der Waals surface area contributed by atoms with Crippen molar-refractivity contribution in [3.05, 3.63) is 76.1 Å². The van der Waals surface area contributed by atoms with Crippen LogP contribution < -0.4 is 38.3 Å². The molecule has 44 heavy (non-hydrogen) atoms. The maximum atomic E-state index is 12.3. The van der Waals surface area contributed by atoms with Crippen molar-refractivity contribution < 1.29 is 34.5 Å². The molecule has 0 saturated heterocycles. The molecule has 0 fully saturated rings. The lowest BCUT2D eigenvalue weighted by atomic mass is 10.1. The number of carbonyl (C=O) groups is 4. The number of aliphatic carboxylic acids is 3. The van der Waals surface area contributed by atoms with Crippen molar-refractivity contribution in [1.29, 1.82) is 0 Å². The van der Waals surface area contributed by atoms with Crippen LogP contribution in [0.25, 0.3) is 0 Å². The van der Waals surface area contributed by atoms with E-state index in [0.717, 1.165) is 5.56 Å². The van der Waals surface area contributed by atoms with E-state index >= 15 is 0 Å². The van der Waals surface area contributed by atoms with Gasteiger partial charge in [-0.05, 0) is 42.7 Å². The summed E-state index contributed by atoms with van der Waals surface area (Å²) >= 11 is 0. The first-order chi connectivity index (χ1) is 20.9. The van der Waals surface area contributed by atoms with Crippen molar-refractivity contribution in [3.63, 3.8) is 0 Å². The van der Waals surface area contributed by atoms with Crippen LogP contribution in [0.2, 0.25) is 0 Å². The SMILES string of the molecule is NC(Cc1ccccc1)C(=O)O.Nc1nc2c(c(=O)[nH]1)NC(CNc1ccc(C(=O)NC(CCC(=O)O)C(=O)O)cc1)CN2. The number of benzene rings is 2. The highest BCUT2D eigenvalue weighted by Gasteiger charge is 2.23. The molecule has 16 heteroatoms. The fraction of sp³-hybridized carbons (Fsp3) is 0.286. The Balaban J connectivity index is 0.000000369. The third-order valence-corrected chi connectivity index (χ3v) is 6.37. The molecule has 16 nitrogen and oxygen atoms in total. The number of carboxylic acids is 3. The Morgan fingerprint density at radius 3 is 2.30 bits per heavy atom. The number of nitrogens with two attached hydrogens (primary N) is 2. The van der Waals surface area contributed by atoms with Gasteiger partial charge in [0.2, 0.25) is 5.95 Å². The van der Waals surface area contributed by atoms with Gasteiger partial charge in [-0.1, -0.05) is 30.3 Å². The number of nitrogen functional groups attached to an aromatic ring is 1. The Kier molecular flexibility index (Phi) is 11.6. The Labute approximate surface area is 250 Å². The zero-order valence-corrected chi connectivity index (χ0v) is 23.4. The highest BCUT2D eigenvalue weighted by Crippen LogP contribution is 2.20. The van der Waals surface area contributed by atoms with Crippen LogP contribution in [0, 0.1) is 0 Å². The van der Waals surface area contributed by atoms with E-state index in [4.69, 9.17) is 26.8 Å². The fourth-order valence-corrected chi connectivity index (χ4v) is 4.05. The van der Waals surface area contributed by atoms with Crippen molar-refractivity contribution in [3.8, 4) is 0 Å². The van der Waals surface area contributed by atoms with Crippen LogP contribution >= 0.6 is 0 Å². The van der Waals surface area contributed by atoms with Crippen molar-refractivity contribution in [2.24, 2.45) is 5.73 Å². The van der Waals surface area contributed by atoms with Gasteiger partial charge < -0.3 is 48.1 Å². The van der Waals surface area contributed by atoms with E-state index in [1.165, 1.54) is 12.1 Å². The zero-order valence-electron chi connectivity index (χ0n) is 23.4. The van der Waals surface area contributed by atoms with E-state index in [0.29, 0.717) is 36.7 Å². The van der Waals surface area contributed by atoms with Crippen LogP contribution in [0.3, 0.4) is 0 Å². The number of amides is 1. The monoisotopic (exact) mass is 610 g/mol. The number of hydrogen-bond acceptors (Lipinski definition) is 11. The summed E-state index contributed by atoms with van der Waals surface area (Å²) in [4.78, 5) is 63.0. The molecule has 0 aliphatic carbocycles. The number of anilines is 4. The van der Waals surface area contributed by atoms with Gasteiger partial charge in [-0.15, -0.1) is 0 Å². The molecule has 2 aromatic carbocycles. The fourth-order valence-electron chi connectivity index (χ4n) is 4.05. The third kappa shape index (κ3) is 10.0. The average Bonchev–Trinajstić information content (AvgIpc) is 2.99. The van der Waals surface area contributed by atoms with Gasteiger partial charge in [-0.3, -0.25) is 24.2 Å². The van der Waals surface area contributed by atoms with Crippen LogP contribution in [-0.2, 0) is 20.8 Å². The van der Waals surface area contributed by atoms with Gasteiger partial charge in [0.1, 0.15) is 17.8 Å². The number of rotatable bonds is 12. The quantitative estimate of drug-likeness (QED) is 0.133. The first-order valence-corrected chi connectivity index (χ1v) is 13.4. The summed E-state index contributed by atoms with van der Waals surface area (Å²) < 4.78 is 0. The third-order valence-electron chi connectivity index (χ3n) is 6.37. The maximum absolute atomic E-state index is 12.3. The first kappa shape index (κ1) is 32.9. The predicted octanol–water partition coefficient (Wildman–Crippen LogP) is 0.359. The predicted molar refractivity (Wildman–Crippen MR) is 162 cm³/mol. The van der Waals surface area contributed by atoms with Crippen molar-refractivity contribution in [2.45, 2.75) is 37.4 Å². The number of hydrogen-bond donors (Lipinski definition) is 10. The second kappa shape index (κ2) is 15.5. The summed E-state index contributed by atoms with van der Waals surface area (Å²) in [5.41, 5.74) is 12.7. The summed E-state index contributed by atoms with van der Waals surface area (Å²) in [6.07, 6.45) is -0.202. The van der Waals surface area contributed by atoms with Gasteiger partial charge in [0.25, 0.3) is 11.5 Å². The molecule has 1 aliphatic heterocycles. The summed E-state index contributed by atoms with van der Waals surface area (Å²) in [6, 6.07) is 13.5. The van der Waals surface area contributed by atoms with Crippen LogP contribution in [0.5, 0.6) is 0 Å². The van der Waals surface area contributed by atoms with E-state index in [-0.39, 0.29) is 36.0 Å². The van der Waals surface area contributed by atoms with Crippen LogP contribution in [-0.4, -0.2) is 80.3 Å². The number of aromatic nitrogens is 2. The number of aromatic amines is 1. The molecule has 1 amide bonds. The highest BCUT2D eigenvalue weighted by atomic mass is 16.4. The van der Waals surface area contributed by atoms with Crippen LogP contribution in [0.4, 0.5) is 23.1 Å². The largest absolute Gasteiger partial charge is 0.481 e. The van der Waals surface area contributed by atoms with Crippen molar-refractivity contribution in [2.75, 3.05) is 34.8 Å². The van der Waals surface area contributed by atoms with Gasteiger partial charge in [-0.2, -0.15) is 4.98 Å². The normalized spacial score (nSPS) is 14.6. The van der Waals surface area contributed by atoms with Gasteiger partial charge in [0, 0.05) is 30.8 Å². The molecule has 234 valence electrons. The van der Waals surface area contributed by atoms with Gasteiger partial charge >= 0.3 is 17.9 Å². The molecular formula is C28H34N8O8. The lowest BCUT2D eigenvalue weighted by Crippen LogP contribution is -2.41. The minimum absolute atomic E-state index is 0.0281. The highest BCUT2D eigenvalue weighted by molar-refractivity contribution is 5.97. The Morgan fingerprint density at radius 2 is 1.68 bits per heavy atom. The number of nitrogens with zero attached hydrogens (tertiary/aromatic N) is 1. The minimum Gasteiger partial charge on any atom is -0.481 e. The summed E-state index contributed by atoms with van der Waals surface area (Å²) in [6.45, 7) is 0.960. The minimum atomic E-state index is -1.30. The Hall–Kier alpha value is -5.64. The summed E-state index contributed by atoms with van der Waals surface area (Å²) in [7, 11) is 0. The molecular weight excluding hydrogens is 576 g/mol. The zero-order chi connectivity index (χ0) is 32.2. The Bertz CT molecular complexity index is 1510. The molecule has 0 radical (unpaired) electrons. The summed E-state index contributed by atoms with van der Waals surface area (Å²) in [5, 5.41) is 38.0. The summed E-state index contributed by atoms with van der Waals surface area (Å²) in [5.74, 6) is -3.60. The molecule has 12 N–H and O–H groups in total. The van der Waals surface area contributed by atoms with E-state index in [2.05, 4.69) is 31.2 Å². The average molecular weight is 611 g/mol. The molecule has 0 bridgehead atoms. The molecule has 3 atom stereocenters. The van der Waals surface area contributed by atoms with Gasteiger partial charge in [0.15, 0.2) is 5.82 Å². The molecule has 3 aromatic rings. The Morgan fingerprint density at radius 1 is 1.00 bits per heavy atom. The van der Waals surface area contributed by atoms with E-state index < -0.39 is 35.9 Å². The number of H-pyrrole nitrogens is 1. The molecule has 0 saturated carbocycles. The molecule has 2 heterocycles. The second-order valence-corrected chi connectivity index (χ2v) is 9.79. The maximum Gasteiger partial charge on any atom is 0.326 e. The molecule has 1 aromatic heterocycles. The standard InChI is InChI=1S/C19H23N7O6.C9H11NO2/c20-19-25-15-14(17(30)26-19)23-11(8-22-15)7-21-10-3-1-9(2-4-10)16(29)24-12(18(31)32)5-6-13(27)28;10-8(9(11)12)6-7-4-2-1-3-5-7/h1-4,11-12,21,23H,5-8H2,(H,24,29)(H,27,28)(H,31,32)(H4,20,22,25,26,30);1-5,8H,6,10H2,(H,11,12). The van der Waals surface area contributed by atoms with Crippen molar-refractivity contribution in [1.82, 2.24) is 15.3 Å². The van der Waals surface area contributed by atoms with Crippen LogP contribution in [0.15, 0.2) is 59.4 Å². The van der Waals surface area contributed by atoms with E-state index in [1.807, 2.05) is 30.3 Å². The number of fused-ring (bicyclic) bond motifs is 1. The topological polar surface area (TPSA) is 275 Å². The van der Waals surface area contributed by atoms with Crippen molar-refractivity contribution >= 4 is 47.0 Å². The number of carboxylic acid groups (broad SMARTS) is 3. The smallest absolute Gasteiger partial charge is 0.326 e. The number of nitrogens with one attached hydrogen (secondary N) is 5. The van der Waals surface area contributed by atoms with Crippen LogP contribution in [0.1, 0.15) is 28.8 Å². The van der Waals surface area contributed by atoms with Gasteiger partial charge in [0.05, 0.1) is 6.04 Å².